The van der Waals surface area contributed by atoms with Crippen molar-refractivity contribution in [2.75, 3.05) is 13.1 Å². The molecule has 1 atom stereocenters. The number of aromatic nitrogens is 5. The molecule has 1 fully saturated rings. The van der Waals surface area contributed by atoms with E-state index in [9.17, 15) is 9.90 Å². The lowest BCUT2D eigenvalue weighted by Crippen LogP contribution is -2.47. The predicted molar refractivity (Wildman–Crippen MR) is 182 cm³/mol. The van der Waals surface area contributed by atoms with Crippen molar-refractivity contribution in [1.29, 1.82) is 0 Å². The van der Waals surface area contributed by atoms with Crippen molar-refractivity contribution in [2.24, 2.45) is 0 Å². The lowest BCUT2D eigenvalue weighted by atomic mass is 9.83. The Balaban J connectivity index is 1.15. The highest BCUT2D eigenvalue weighted by molar-refractivity contribution is 6.31. The second-order valence-electron chi connectivity index (χ2n) is 12.3. The van der Waals surface area contributed by atoms with Crippen molar-refractivity contribution >= 4 is 17.6 Å². The normalized spacial score (nSPS) is 16.0. The van der Waals surface area contributed by atoms with Gasteiger partial charge in [0.15, 0.2) is 0 Å². The Kier molecular flexibility index (Phi) is 8.97. The number of benzene rings is 3. The molecule has 1 saturated heterocycles. The summed E-state index contributed by atoms with van der Waals surface area (Å²) in [4.78, 5) is 19.7. The van der Waals surface area contributed by atoms with Crippen molar-refractivity contribution in [3.05, 3.63) is 131 Å². The third-order valence-corrected chi connectivity index (χ3v) is 9.51. The number of carbonyl (C=O) groups excluding carboxylic acids is 1. The summed E-state index contributed by atoms with van der Waals surface area (Å²) in [5.74, 6) is 0.268. The molecular weight excluding hydrogens is 610 g/mol. The summed E-state index contributed by atoms with van der Waals surface area (Å²) in [6.07, 6.45) is 11.9. The van der Waals surface area contributed by atoms with E-state index in [0.29, 0.717) is 28.6 Å². The van der Waals surface area contributed by atoms with Gasteiger partial charge in [-0.25, -0.2) is 4.79 Å². The highest BCUT2D eigenvalue weighted by Gasteiger charge is 2.27. The Hall–Kier alpha value is -5.02. The smallest absolute Gasteiger partial charge is 0.317 e. The summed E-state index contributed by atoms with van der Waals surface area (Å²) in [7, 11) is 0. The molecule has 1 aliphatic heterocycles. The quantitative estimate of drug-likeness (QED) is 0.175. The third kappa shape index (κ3) is 6.90. The van der Waals surface area contributed by atoms with Crippen LogP contribution in [-0.2, 0) is 6.42 Å². The van der Waals surface area contributed by atoms with Gasteiger partial charge in [-0.05, 0) is 89.4 Å². The van der Waals surface area contributed by atoms with Crippen LogP contribution in [0.5, 0.6) is 5.75 Å². The SMILES string of the molecule is O=C(NC1CC=CC1)N1CCC(c2cccc([C@H](Cc3ccccc3)c3ncc(-c4cc(Cl)ccc4-n4cnnn4)cc3O)c2)CC1. The summed E-state index contributed by atoms with van der Waals surface area (Å²) in [5.41, 5.74) is 6.28. The number of nitrogens with zero attached hydrogens (tertiary/aromatic N) is 6. The lowest BCUT2D eigenvalue weighted by Gasteiger charge is -2.33. The van der Waals surface area contributed by atoms with Gasteiger partial charge in [-0.3, -0.25) is 4.98 Å². The maximum absolute atomic E-state index is 12.9. The fourth-order valence-corrected chi connectivity index (χ4v) is 6.93. The zero-order valence-corrected chi connectivity index (χ0v) is 26.7. The van der Waals surface area contributed by atoms with Gasteiger partial charge in [0.1, 0.15) is 12.1 Å². The molecule has 9 nitrogen and oxygen atoms in total. The Morgan fingerprint density at radius 3 is 2.53 bits per heavy atom. The van der Waals surface area contributed by atoms with Gasteiger partial charge in [0, 0.05) is 47.4 Å². The van der Waals surface area contributed by atoms with E-state index in [1.165, 1.54) is 11.9 Å². The molecule has 1 aliphatic carbocycles. The summed E-state index contributed by atoms with van der Waals surface area (Å²) in [6, 6.07) is 26.4. The third-order valence-electron chi connectivity index (χ3n) is 9.28. The molecule has 2 N–H and O–H groups in total. The number of likely N-dealkylation sites (tertiary alicyclic amines) is 1. The molecule has 7 rings (SSSR count). The molecule has 238 valence electrons. The maximum atomic E-state index is 12.9. The summed E-state index contributed by atoms with van der Waals surface area (Å²) >= 11 is 6.39. The van der Waals surface area contributed by atoms with Crippen molar-refractivity contribution < 1.29 is 9.90 Å². The molecule has 0 radical (unpaired) electrons. The monoisotopic (exact) mass is 645 g/mol. The lowest BCUT2D eigenvalue weighted by molar-refractivity contribution is 0.178. The van der Waals surface area contributed by atoms with Crippen LogP contribution in [0.2, 0.25) is 5.02 Å². The van der Waals surface area contributed by atoms with Crippen LogP contribution in [0.25, 0.3) is 16.8 Å². The van der Waals surface area contributed by atoms with E-state index in [2.05, 4.69) is 69.4 Å². The molecule has 10 heteroatoms. The van der Waals surface area contributed by atoms with E-state index in [1.807, 2.05) is 35.2 Å². The maximum Gasteiger partial charge on any atom is 0.317 e. The minimum atomic E-state index is -0.185. The molecule has 2 amide bonds. The van der Waals surface area contributed by atoms with Crippen LogP contribution in [-0.4, -0.2) is 60.4 Å². The van der Waals surface area contributed by atoms with Gasteiger partial charge in [0.2, 0.25) is 0 Å². The highest BCUT2D eigenvalue weighted by Crippen LogP contribution is 2.38. The molecular formula is C37H36ClN7O2. The van der Waals surface area contributed by atoms with Crippen LogP contribution in [0.15, 0.2) is 104 Å². The number of halogens is 1. The van der Waals surface area contributed by atoms with Gasteiger partial charge in [-0.1, -0.05) is 78.4 Å². The van der Waals surface area contributed by atoms with Gasteiger partial charge in [-0.15, -0.1) is 5.10 Å². The van der Waals surface area contributed by atoms with Crippen LogP contribution in [0.3, 0.4) is 0 Å². The number of hydrogen-bond acceptors (Lipinski definition) is 6. The second kappa shape index (κ2) is 13.8. The number of aromatic hydroxyl groups is 1. The molecule has 3 aromatic carbocycles. The number of piperidine rings is 1. The van der Waals surface area contributed by atoms with Gasteiger partial charge in [-0.2, -0.15) is 4.68 Å². The minimum absolute atomic E-state index is 0.0432. The standard InChI is InChI=1S/C37H36ClN7O2/c38-30-13-14-34(45-24-40-42-43-45)32(22-30)29-21-35(46)36(39-23-29)33(19-25-7-2-1-3-8-25)28-10-6-9-27(20-28)26-15-17-44(18-16-26)37(47)41-31-11-4-5-12-31/h1-10,13-14,20-24,26,31,33,46H,11-12,15-19H2,(H,41,47)/t33-/m0/s1. The first kappa shape index (κ1) is 30.6. The zero-order valence-electron chi connectivity index (χ0n) is 25.9. The number of urea groups is 1. The molecule has 2 aromatic heterocycles. The fraction of sp³-hybridized carbons (Fsp3) is 0.270. The Labute approximate surface area is 278 Å². The van der Waals surface area contributed by atoms with E-state index in [4.69, 9.17) is 16.6 Å². The van der Waals surface area contributed by atoms with Crippen LogP contribution in [0.4, 0.5) is 4.79 Å². The molecule has 5 aromatic rings. The fourth-order valence-electron chi connectivity index (χ4n) is 6.76. The number of amides is 2. The van der Waals surface area contributed by atoms with Gasteiger partial charge >= 0.3 is 6.03 Å². The number of tetrazole rings is 1. The first-order valence-corrected chi connectivity index (χ1v) is 16.5. The number of pyridine rings is 1. The van der Waals surface area contributed by atoms with Crippen LogP contribution < -0.4 is 5.32 Å². The average Bonchev–Trinajstić information content (AvgIpc) is 3.83. The van der Waals surface area contributed by atoms with Gasteiger partial charge < -0.3 is 15.3 Å². The molecule has 2 aliphatic rings. The number of nitrogens with one attached hydrogen (secondary N) is 1. The van der Waals surface area contributed by atoms with E-state index in [1.54, 1.807) is 23.0 Å². The van der Waals surface area contributed by atoms with E-state index in [0.717, 1.165) is 61.2 Å². The first-order chi connectivity index (χ1) is 23.0. The summed E-state index contributed by atoms with van der Waals surface area (Å²) in [5, 5.41) is 26.9. The largest absolute Gasteiger partial charge is 0.506 e. The van der Waals surface area contributed by atoms with Crippen molar-refractivity contribution in [1.82, 2.24) is 35.4 Å². The second-order valence-corrected chi connectivity index (χ2v) is 12.7. The summed E-state index contributed by atoms with van der Waals surface area (Å²) in [6.45, 7) is 1.46. The Morgan fingerprint density at radius 2 is 1.79 bits per heavy atom. The van der Waals surface area contributed by atoms with Crippen molar-refractivity contribution in [3.8, 4) is 22.6 Å². The topological polar surface area (TPSA) is 109 Å². The number of carbonyl (C=O) groups is 1. The highest BCUT2D eigenvalue weighted by atomic mass is 35.5. The van der Waals surface area contributed by atoms with Gasteiger partial charge in [0.05, 0.1) is 11.4 Å². The van der Waals surface area contributed by atoms with Crippen molar-refractivity contribution in [3.63, 3.8) is 0 Å². The van der Waals surface area contributed by atoms with E-state index < -0.39 is 0 Å². The zero-order chi connectivity index (χ0) is 32.2. The molecule has 0 spiro atoms. The van der Waals surface area contributed by atoms with Crippen LogP contribution >= 0.6 is 11.6 Å². The molecule has 0 saturated carbocycles. The Morgan fingerprint density at radius 1 is 0.979 bits per heavy atom. The van der Waals surface area contributed by atoms with Gasteiger partial charge in [0.25, 0.3) is 0 Å². The van der Waals surface area contributed by atoms with Crippen LogP contribution in [0, 0.1) is 0 Å². The Bertz CT molecular complexity index is 1860. The van der Waals surface area contributed by atoms with Crippen LogP contribution in [0.1, 0.15) is 59.9 Å². The average molecular weight is 646 g/mol. The minimum Gasteiger partial charge on any atom is -0.506 e. The van der Waals surface area contributed by atoms with Crippen molar-refractivity contribution in [2.45, 2.75) is 50.0 Å². The number of hydrogen-bond donors (Lipinski definition) is 2. The molecule has 47 heavy (non-hydrogen) atoms. The molecule has 0 bridgehead atoms. The molecule has 0 unspecified atom stereocenters. The van der Waals surface area contributed by atoms with E-state index in [-0.39, 0.29) is 23.7 Å². The van der Waals surface area contributed by atoms with E-state index >= 15 is 0 Å². The summed E-state index contributed by atoms with van der Waals surface area (Å²) < 4.78 is 1.56. The molecule has 3 heterocycles. The number of rotatable bonds is 8. The first-order valence-electron chi connectivity index (χ1n) is 16.1. The predicted octanol–water partition coefficient (Wildman–Crippen LogP) is 7.07.